The van der Waals surface area contributed by atoms with Gasteiger partial charge in [0.05, 0.1) is 0 Å². The van der Waals surface area contributed by atoms with Crippen molar-refractivity contribution in [1.29, 1.82) is 0 Å². The number of benzene rings is 7. The van der Waals surface area contributed by atoms with Gasteiger partial charge < -0.3 is 39.1 Å². The molecule has 18 nitrogen and oxygen atoms in total. The highest BCUT2D eigenvalue weighted by Gasteiger charge is 2.24. The Kier molecular flexibility index (Phi) is 14.5. The molecule has 7 aromatic carbocycles. The van der Waals surface area contributed by atoms with Gasteiger partial charge >= 0.3 is 44.5 Å². The molecule has 346 valence electrons. The van der Waals surface area contributed by atoms with Crippen molar-refractivity contribution in [3.8, 4) is 23.0 Å². The van der Waals surface area contributed by atoms with Crippen molar-refractivity contribution in [2.75, 3.05) is 31.9 Å². The van der Waals surface area contributed by atoms with Crippen LogP contribution in [0, 0.1) is 13.8 Å². The third-order valence-electron chi connectivity index (χ3n) is 9.11. The van der Waals surface area contributed by atoms with Gasteiger partial charge in [0.1, 0.15) is 32.8 Å². The summed E-state index contributed by atoms with van der Waals surface area (Å²) in [6.07, 6.45) is -1.47. The number of carbonyl (C=O) groups excluding carboxylic acids is 4. The minimum absolute atomic E-state index is 0.138. The fourth-order valence-corrected chi connectivity index (χ4v) is 8.21. The minimum atomic E-state index is -4.65. The zero-order valence-electron chi connectivity index (χ0n) is 35.9. The van der Waals surface area contributed by atoms with Gasteiger partial charge in [-0.15, -0.1) is 0 Å². The molecule has 7 aromatic rings. The average molecular weight is 957 g/mol. The van der Waals surface area contributed by atoms with E-state index in [1.165, 1.54) is 78.9 Å². The molecule has 7 rings (SSSR count). The predicted octanol–water partition coefficient (Wildman–Crippen LogP) is 10.3. The molecule has 0 saturated carbocycles. The highest BCUT2D eigenvalue weighted by Crippen LogP contribution is 2.28. The second-order valence-electron chi connectivity index (χ2n) is 14.6. The van der Waals surface area contributed by atoms with E-state index in [1.807, 2.05) is 26.0 Å². The molecule has 0 aromatic heterocycles. The number of amides is 6. The van der Waals surface area contributed by atoms with E-state index in [9.17, 15) is 36.0 Å². The number of hydrogen-bond acceptors (Lipinski definition) is 12. The molecule has 0 radical (unpaired) electrons. The second kappa shape index (κ2) is 21.0. The van der Waals surface area contributed by atoms with E-state index in [0.717, 1.165) is 29.3 Å². The largest absolute Gasteiger partial charge is 0.417 e. The predicted molar refractivity (Wildman–Crippen MR) is 255 cm³/mol. The van der Waals surface area contributed by atoms with Gasteiger partial charge in [-0.2, -0.15) is 16.8 Å². The molecule has 0 aliphatic carbocycles. The van der Waals surface area contributed by atoms with Crippen LogP contribution in [0.2, 0.25) is 0 Å². The average Bonchev–Trinajstić information content (AvgIpc) is 3.26. The highest BCUT2D eigenvalue weighted by atomic mass is 32.2. The molecule has 0 fully saturated rings. The van der Waals surface area contributed by atoms with Crippen LogP contribution in [-0.4, -0.2) is 41.1 Å². The van der Waals surface area contributed by atoms with E-state index < -0.39 is 54.3 Å². The van der Waals surface area contributed by atoms with Crippen LogP contribution in [0.4, 0.5) is 53.3 Å². The highest BCUT2D eigenvalue weighted by molar-refractivity contribution is 7.88. The summed E-state index contributed by atoms with van der Waals surface area (Å²) in [5.41, 5.74) is 3.81. The number of rotatable bonds is 14. The van der Waals surface area contributed by atoms with Crippen LogP contribution in [-0.2, 0) is 20.2 Å². The van der Waals surface area contributed by atoms with Gasteiger partial charge in [-0.25, -0.2) is 19.2 Å². The maximum absolute atomic E-state index is 13.4. The summed E-state index contributed by atoms with van der Waals surface area (Å²) in [6.45, 7) is 3.76. The fourth-order valence-electron chi connectivity index (χ4n) is 6.19. The first-order valence-corrected chi connectivity index (χ1v) is 23.0. The molecule has 0 spiro atoms. The standard InChI is InChI=1S/C48H40N6O12S2/c1-31-10-3-12-33(24-31)53-47(57)63-39-18-5-14-35(26-39)49-45(55)51-37-16-7-20-41(28-37)65-67(59,60)43-22-9-23-44(30-43)68(61,62)66-42-21-8-17-38(29-42)52-46(56)50-36-15-6-19-40(27-36)64-48(58)54-34-13-4-11-32(2)25-34/h3-30H,1-2H3,(H,53,57)(H,54,58)(H2,49,51,55)(H2,50,52,56). The Balaban J connectivity index is 0.921. The first kappa shape index (κ1) is 47.1. The van der Waals surface area contributed by atoms with Crippen molar-refractivity contribution in [2.45, 2.75) is 23.6 Å². The van der Waals surface area contributed by atoms with Gasteiger partial charge in [0, 0.05) is 58.4 Å². The normalized spacial score (nSPS) is 11.0. The number of ether oxygens (including phenoxy) is 2. The summed E-state index contributed by atoms with van der Waals surface area (Å²) in [7, 11) is -9.29. The van der Waals surface area contributed by atoms with Gasteiger partial charge in [0.15, 0.2) is 0 Å². The molecular weight excluding hydrogens is 917 g/mol. The van der Waals surface area contributed by atoms with Crippen molar-refractivity contribution in [1.82, 2.24) is 0 Å². The fraction of sp³-hybridized carbons (Fsp3) is 0.0417. The zero-order chi connectivity index (χ0) is 48.3. The zero-order valence-corrected chi connectivity index (χ0v) is 37.5. The van der Waals surface area contributed by atoms with Crippen LogP contribution in [0.3, 0.4) is 0 Å². The number of anilines is 6. The quantitative estimate of drug-likeness (QED) is 0.0558. The Morgan fingerprint density at radius 1 is 0.353 bits per heavy atom. The van der Waals surface area contributed by atoms with Gasteiger partial charge in [0.2, 0.25) is 0 Å². The smallest absolute Gasteiger partial charge is 0.410 e. The Labute approximate surface area is 390 Å². The third kappa shape index (κ3) is 13.6. The number of hydrogen-bond donors (Lipinski definition) is 6. The molecule has 0 saturated heterocycles. The summed E-state index contributed by atoms with van der Waals surface area (Å²) in [5, 5.41) is 15.6. The molecule has 0 unspecified atom stereocenters. The van der Waals surface area contributed by atoms with Crippen LogP contribution in [0.5, 0.6) is 23.0 Å². The van der Waals surface area contributed by atoms with E-state index in [0.29, 0.717) is 11.4 Å². The SMILES string of the molecule is Cc1cccc(NC(=O)Oc2cccc(NC(=O)Nc3cccc(OS(=O)(=O)c4cccc(S(=O)(=O)Oc5cccc(NC(=O)Nc6cccc(OC(=O)Nc7cccc(C)c7)c6)c5)c4)c3)c2)c1. The second-order valence-corrected chi connectivity index (χ2v) is 17.7. The molecule has 0 aliphatic rings. The molecule has 0 aliphatic heterocycles. The van der Waals surface area contributed by atoms with Gasteiger partial charge in [0.25, 0.3) is 0 Å². The van der Waals surface area contributed by atoms with Crippen molar-refractivity contribution >= 4 is 78.6 Å². The lowest BCUT2D eigenvalue weighted by atomic mass is 10.2. The maximum atomic E-state index is 13.4. The molecule has 6 amide bonds. The van der Waals surface area contributed by atoms with Crippen molar-refractivity contribution in [3.05, 3.63) is 181 Å². The number of urea groups is 2. The van der Waals surface area contributed by atoms with E-state index >= 15 is 0 Å². The summed E-state index contributed by atoms with van der Waals surface area (Å²) >= 11 is 0. The Morgan fingerprint density at radius 3 is 1.00 bits per heavy atom. The van der Waals surface area contributed by atoms with Crippen LogP contribution >= 0.6 is 0 Å². The van der Waals surface area contributed by atoms with Crippen LogP contribution in [0.1, 0.15) is 11.1 Å². The summed E-state index contributed by atoms with van der Waals surface area (Å²) in [4.78, 5) is 49.5. The van der Waals surface area contributed by atoms with Gasteiger partial charge in [-0.1, -0.05) is 54.6 Å². The lowest BCUT2D eigenvalue weighted by Crippen LogP contribution is -2.20. The first-order valence-electron chi connectivity index (χ1n) is 20.2. The van der Waals surface area contributed by atoms with Crippen LogP contribution < -0.4 is 49.7 Å². The van der Waals surface area contributed by atoms with Crippen LogP contribution in [0.25, 0.3) is 0 Å². The monoisotopic (exact) mass is 956 g/mol. The molecule has 0 bridgehead atoms. The number of aryl methyl sites for hydroxylation is 2. The van der Waals surface area contributed by atoms with Crippen molar-refractivity contribution < 1.29 is 53.9 Å². The topological polar surface area (TPSA) is 246 Å². The Hall–Kier alpha value is -8.88. The van der Waals surface area contributed by atoms with Crippen LogP contribution in [0.15, 0.2) is 180 Å². The Morgan fingerprint density at radius 2 is 0.647 bits per heavy atom. The van der Waals surface area contributed by atoms with E-state index in [-0.39, 0.29) is 45.7 Å². The lowest BCUT2D eigenvalue weighted by molar-refractivity contribution is 0.214. The van der Waals surface area contributed by atoms with E-state index in [2.05, 4.69) is 31.9 Å². The first-order chi connectivity index (χ1) is 32.5. The summed E-state index contributed by atoms with van der Waals surface area (Å²) in [6, 6.07) is 40.2. The number of nitrogens with one attached hydrogen (secondary N) is 6. The molecule has 0 heterocycles. The van der Waals surface area contributed by atoms with Crippen molar-refractivity contribution in [3.63, 3.8) is 0 Å². The minimum Gasteiger partial charge on any atom is -0.410 e. The maximum Gasteiger partial charge on any atom is 0.417 e. The van der Waals surface area contributed by atoms with Crippen molar-refractivity contribution in [2.24, 2.45) is 0 Å². The molecular formula is C48H40N6O12S2. The molecule has 20 heteroatoms. The third-order valence-corrected chi connectivity index (χ3v) is 11.6. The summed E-state index contributed by atoms with van der Waals surface area (Å²) < 4.78 is 74.9. The van der Waals surface area contributed by atoms with E-state index in [4.69, 9.17) is 17.8 Å². The molecule has 0 atom stereocenters. The van der Waals surface area contributed by atoms with Gasteiger partial charge in [-0.05, 0) is 116 Å². The molecule has 68 heavy (non-hydrogen) atoms. The van der Waals surface area contributed by atoms with Gasteiger partial charge in [-0.3, -0.25) is 10.6 Å². The molecule has 6 N–H and O–H groups in total. The lowest BCUT2D eigenvalue weighted by Gasteiger charge is -2.12. The van der Waals surface area contributed by atoms with E-state index in [1.54, 1.807) is 60.7 Å². The summed E-state index contributed by atoms with van der Waals surface area (Å²) in [5.74, 6) is -0.121. The Bertz CT molecular complexity index is 3050. The number of carbonyl (C=O) groups is 4.